The molecule has 2 N–H and O–H groups in total. The Kier molecular flexibility index (Phi) is 5.68. The second kappa shape index (κ2) is 7.28. The van der Waals surface area contributed by atoms with Crippen molar-refractivity contribution < 1.29 is 4.79 Å². The molecule has 0 aromatic rings. The highest BCUT2D eigenvalue weighted by atomic mass is 16.2. The number of piperidine rings is 1. The standard InChI is InChI=1S/C16H30N2O/c1-13-8-9-18(15(10-13)12-17)16(19)11-14-6-4-2-3-5-7-14/h13-15H,2-12,17H2,1H3. The van der Waals surface area contributed by atoms with Crippen molar-refractivity contribution >= 4 is 5.91 Å². The maximum atomic E-state index is 12.5. The molecular formula is C16H30N2O. The average molecular weight is 266 g/mol. The molecule has 0 aromatic heterocycles. The quantitative estimate of drug-likeness (QED) is 0.798. The maximum absolute atomic E-state index is 12.5. The molecule has 1 saturated heterocycles. The van der Waals surface area contributed by atoms with Crippen molar-refractivity contribution in [1.82, 2.24) is 4.90 Å². The van der Waals surface area contributed by atoms with E-state index in [0.717, 1.165) is 31.7 Å². The van der Waals surface area contributed by atoms with Crippen molar-refractivity contribution in [1.29, 1.82) is 0 Å². The lowest BCUT2D eigenvalue weighted by atomic mass is 9.90. The summed E-state index contributed by atoms with van der Waals surface area (Å²) in [5.74, 6) is 1.72. The van der Waals surface area contributed by atoms with E-state index in [2.05, 4.69) is 11.8 Å². The van der Waals surface area contributed by atoms with E-state index in [4.69, 9.17) is 5.73 Å². The molecule has 1 amide bonds. The Bertz CT molecular complexity index is 284. The molecule has 3 nitrogen and oxygen atoms in total. The SMILES string of the molecule is CC1CCN(C(=O)CC2CCCCCC2)C(CN)C1. The molecule has 1 saturated carbocycles. The predicted molar refractivity (Wildman–Crippen MR) is 78.8 cm³/mol. The normalized spacial score (nSPS) is 30.1. The van der Waals surface area contributed by atoms with Gasteiger partial charge >= 0.3 is 0 Å². The molecule has 2 aliphatic rings. The van der Waals surface area contributed by atoms with Gasteiger partial charge in [-0.3, -0.25) is 4.79 Å². The van der Waals surface area contributed by atoms with Crippen LogP contribution in [0.15, 0.2) is 0 Å². The lowest BCUT2D eigenvalue weighted by Crippen LogP contribution is -2.49. The van der Waals surface area contributed by atoms with Crippen molar-refractivity contribution in [2.24, 2.45) is 17.6 Å². The van der Waals surface area contributed by atoms with Crippen molar-refractivity contribution in [2.75, 3.05) is 13.1 Å². The van der Waals surface area contributed by atoms with E-state index in [1.165, 1.54) is 38.5 Å². The molecule has 110 valence electrons. The number of carbonyl (C=O) groups excluding carboxylic acids is 1. The van der Waals surface area contributed by atoms with Crippen LogP contribution in [-0.4, -0.2) is 29.9 Å². The molecule has 1 aliphatic carbocycles. The molecule has 3 heteroatoms. The topological polar surface area (TPSA) is 46.3 Å². The van der Waals surface area contributed by atoms with Gasteiger partial charge < -0.3 is 10.6 Å². The van der Waals surface area contributed by atoms with Gasteiger partial charge in [0, 0.05) is 25.6 Å². The van der Waals surface area contributed by atoms with Gasteiger partial charge in [-0.25, -0.2) is 0 Å². The minimum atomic E-state index is 0.294. The van der Waals surface area contributed by atoms with Gasteiger partial charge in [0.2, 0.25) is 5.91 Å². The third-order valence-electron chi connectivity index (χ3n) is 5.01. The number of carbonyl (C=O) groups is 1. The summed E-state index contributed by atoms with van der Waals surface area (Å²) in [5.41, 5.74) is 5.86. The lowest BCUT2D eigenvalue weighted by Gasteiger charge is -2.38. The minimum absolute atomic E-state index is 0.294. The Balaban J connectivity index is 1.87. The average Bonchev–Trinajstić information content (AvgIpc) is 2.67. The van der Waals surface area contributed by atoms with Crippen LogP contribution in [0.5, 0.6) is 0 Å². The Labute approximate surface area is 117 Å². The van der Waals surface area contributed by atoms with Crippen LogP contribution in [0.25, 0.3) is 0 Å². The van der Waals surface area contributed by atoms with Gasteiger partial charge in [0.1, 0.15) is 0 Å². The van der Waals surface area contributed by atoms with Gasteiger partial charge in [-0.05, 0) is 37.5 Å². The van der Waals surface area contributed by atoms with Crippen molar-refractivity contribution in [3.63, 3.8) is 0 Å². The Morgan fingerprint density at radius 1 is 1.16 bits per heavy atom. The number of nitrogens with zero attached hydrogens (tertiary/aromatic N) is 1. The molecular weight excluding hydrogens is 236 g/mol. The fourth-order valence-corrected chi connectivity index (χ4v) is 3.74. The van der Waals surface area contributed by atoms with E-state index in [0.29, 0.717) is 24.4 Å². The van der Waals surface area contributed by atoms with Gasteiger partial charge in [-0.15, -0.1) is 0 Å². The second-order valence-electron chi connectivity index (χ2n) is 6.67. The van der Waals surface area contributed by atoms with Gasteiger partial charge in [-0.2, -0.15) is 0 Å². The molecule has 2 atom stereocenters. The van der Waals surface area contributed by atoms with E-state index >= 15 is 0 Å². The van der Waals surface area contributed by atoms with E-state index in [9.17, 15) is 4.79 Å². The first-order chi connectivity index (χ1) is 9.20. The third kappa shape index (κ3) is 4.20. The van der Waals surface area contributed by atoms with E-state index < -0.39 is 0 Å². The number of hydrogen-bond acceptors (Lipinski definition) is 2. The zero-order chi connectivity index (χ0) is 13.7. The Morgan fingerprint density at radius 2 is 1.84 bits per heavy atom. The summed E-state index contributed by atoms with van der Waals surface area (Å²) in [6.45, 7) is 3.82. The van der Waals surface area contributed by atoms with Crippen LogP contribution in [0.2, 0.25) is 0 Å². The zero-order valence-electron chi connectivity index (χ0n) is 12.4. The highest BCUT2D eigenvalue weighted by molar-refractivity contribution is 5.77. The number of nitrogens with two attached hydrogens (primary N) is 1. The number of likely N-dealkylation sites (tertiary alicyclic amines) is 1. The van der Waals surface area contributed by atoms with Gasteiger partial charge in [-0.1, -0.05) is 32.6 Å². The Hall–Kier alpha value is -0.570. The maximum Gasteiger partial charge on any atom is 0.223 e. The molecule has 0 aromatic carbocycles. The second-order valence-corrected chi connectivity index (χ2v) is 6.67. The van der Waals surface area contributed by atoms with Gasteiger partial charge in [0.15, 0.2) is 0 Å². The number of hydrogen-bond donors (Lipinski definition) is 1. The van der Waals surface area contributed by atoms with Crippen molar-refractivity contribution in [3.8, 4) is 0 Å². The number of amides is 1. The summed E-state index contributed by atoms with van der Waals surface area (Å²) in [6, 6.07) is 0.294. The van der Waals surface area contributed by atoms with Crippen LogP contribution in [-0.2, 0) is 4.79 Å². The minimum Gasteiger partial charge on any atom is -0.338 e. The number of rotatable bonds is 3. The molecule has 1 heterocycles. The third-order valence-corrected chi connectivity index (χ3v) is 5.01. The summed E-state index contributed by atoms with van der Waals surface area (Å²) in [5, 5.41) is 0. The summed E-state index contributed by atoms with van der Waals surface area (Å²) in [6.07, 6.45) is 10.9. The van der Waals surface area contributed by atoms with Crippen LogP contribution < -0.4 is 5.73 Å². The summed E-state index contributed by atoms with van der Waals surface area (Å²) < 4.78 is 0. The van der Waals surface area contributed by atoms with Crippen molar-refractivity contribution in [3.05, 3.63) is 0 Å². The lowest BCUT2D eigenvalue weighted by molar-refractivity contribution is -0.136. The van der Waals surface area contributed by atoms with E-state index in [-0.39, 0.29) is 0 Å². The fourth-order valence-electron chi connectivity index (χ4n) is 3.74. The smallest absolute Gasteiger partial charge is 0.223 e. The van der Waals surface area contributed by atoms with Crippen LogP contribution in [0, 0.1) is 11.8 Å². The molecule has 0 bridgehead atoms. The predicted octanol–water partition coefficient (Wildman–Crippen LogP) is 2.93. The van der Waals surface area contributed by atoms with E-state index in [1.54, 1.807) is 0 Å². The molecule has 19 heavy (non-hydrogen) atoms. The van der Waals surface area contributed by atoms with Crippen molar-refractivity contribution in [2.45, 2.75) is 70.8 Å². The highest BCUT2D eigenvalue weighted by Crippen LogP contribution is 2.28. The van der Waals surface area contributed by atoms with Crippen LogP contribution in [0.4, 0.5) is 0 Å². The first kappa shape index (κ1) is 14.8. The monoisotopic (exact) mass is 266 g/mol. The molecule has 0 spiro atoms. The van der Waals surface area contributed by atoms with Crippen LogP contribution in [0.3, 0.4) is 0 Å². The Morgan fingerprint density at radius 3 is 2.47 bits per heavy atom. The molecule has 0 radical (unpaired) electrons. The summed E-state index contributed by atoms with van der Waals surface area (Å²) in [7, 11) is 0. The first-order valence-electron chi connectivity index (χ1n) is 8.20. The van der Waals surface area contributed by atoms with Crippen LogP contribution >= 0.6 is 0 Å². The van der Waals surface area contributed by atoms with E-state index in [1.807, 2.05) is 0 Å². The highest BCUT2D eigenvalue weighted by Gasteiger charge is 2.30. The molecule has 2 rings (SSSR count). The molecule has 1 aliphatic heterocycles. The van der Waals surface area contributed by atoms with Gasteiger partial charge in [0.25, 0.3) is 0 Å². The summed E-state index contributed by atoms with van der Waals surface area (Å²) in [4.78, 5) is 14.6. The first-order valence-corrected chi connectivity index (χ1v) is 8.20. The molecule has 2 unspecified atom stereocenters. The summed E-state index contributed by atoms with van der Waals surface area (Å²) >= 11 is 0. The fraction of sp³-hybridized carbons (Fsp3) is 0.938. The van der Waals surface area contributed by atoms with Gasteiger partial charge in [0.05, 0.1) is 0 Å². The van der Waals surface area contributed by atoms with Crippen LogP contribution in [0.1, 0.15) is 64.7 Å². The largest absolute Gasteiger partial charge is 0.338 e. The zero-order valence-corrected chi connectivity index (χ0v) is 12.4. The molecule has 2 fully saturated rings.